The van der Waals surface area contributed by atoms with E-state index in [9.17, 15) is 0 Å². The third kappa shape index (κ3) is 5.68. The molecule has 0 amide bonds. The highest BCUT2D eigenvalue weighted by molar-refractivity contribution is 6.16. The number of benzene rings is 9. The number of furan rings is 2. The Balaban J connectivity index is 1.14. The molecule has 0 radical (unpaired) electrons. The van der Waals surface area contributed by atoms with Gasteiger partial charge >= 0.3 is 0 Å². The quantitative estimate of drug-likeness (QED) is 0.164. The lowest BCUT2D eigenvalue weighted by Gasteiger charge is -2.26. The van der Waals surface area contributed by atoms with Gasteiger partial charge in [-0.25, -0.2) is 0 Å². The predicted octanol–water partition coefficient (Wildman–Crippen LogP) is 15.6. The third-order valence-corrected chi connectivity index (χ3v) is 11.1. The lowest BCUT2D eigenvalue weighted by atomic mass is 9.99. The molecule has 3 heteroatoms. The van der Waals surface area contributed by atoms with Gasteiger partial charge in [0.05, 0.1) is 11.4 Å². The molecule has 57 heavy (non-hydrogen) atoms. The lowest BCUT2D eigenvalue weighted by molar-refractivity contribution is 0.666. The van der Waals surface area contributed by atoms with Crippen molar-refractivity contribution in [3.05, 3.63) is 212 Å². The molecule has 0 saturated heterocycles. The van der Waals surface area contributed by atoms with E-state index in [2.05, 4.69) is 205 Å². The van der Waals surface area contributed by atoms with Crippen LogP contribution >= 0.6 is 0 Å². The van der Waals surface area contributed by atoms with Crippen LogP contribution in [0, 0.1) is 0 Å². The van der Waals surface area contributed by atoms with Crippen LogP contribution < -0.4 is 4.90 Å². The van der Waals surface area contributed by atoms with Crippen LogP contribution in [0.1, 0.15) is 0 Å². The molecule has 2 aromatic heterocycles. The fourth-order valence-corrected chi connectivity index (χ4v) is 8.30. The molecule has 0 unspecified atom stereocenters. The molecule has 0 spiro atoms. The van der Waals surface area contributed by atoms with Crippen LogP contribution in [0.3, 0.4) is 0 Å². The van der Waals surface area contributed by atoms with Gasteiger partial charge in [-0.2, -0.15) is 0 Å². The molecule has 0 fully saturated rings. The fourth-order valence-electron chi connectivity index (χ4n) is 8.30. The molecule has 0 N–H and O–H groups in total. The highest BCUT2D eigenvalue weighted by Crippen LogP contribution is 2.48. The Kier molecular flexibility index (Phi) is 7.82. The summed E-state index contributed by atoms with van der Waals surface area (Å²) >= 11 is 0. The summed E-state index contributed by atoms with van der Waals surface area (Å²) in [6.45, 7) is 0. The van der Waals surface area contributed by atoms with Crippen molar-refractivity contribution in [1.82, 2.24) is 0 Å². The van der Waals surface area contributed by atoms with E-state index in [-0.39, 0.29) is 0 Å². The SMILES string of the molecule is c1ccc(-c2ccc(-c3ccc(N(c4cc(-c5ccccc5)cc5c4oc4ccccc45)c4cccc5c4oc4c(-c6ccccc6)cccc45)cc3)cc2)cc1. The molecule has 268 valence electrons. The molecule has 0 aliphatic carbocycles. The van der Waals surface area contributed by atoms with Gasteiger partial charge in [-0.15, -0.1) is 0 Å². The van der Waals surface area contributed by atoms with Crippen LogP contribution in [0.15, 0.2) is 221 Å². The van der Waals surface area contributed by atoms with Gasteiger partial charge in [-0.1, -0.05) is 176 Å². The first-order valence-electron chi connectivity index (χ1n) is 19.3. The van der Waals surface area contributed by atoms with Crippen molar-refractivity contribution in [1.29, 1.82) is 0 Å². The van der Waals surface area contributed by atoms with Gasteiger partial charge in [0.15, 0.2) is 11.2 Å². The summed E-state index contributed by atoms with van der Waals surface area (Å²) < 4.78 is 13.9. The first-order valence-corrected chi connectivity index (χ1v) is 19.3. The Morgan fingerprint density at radius 2 is 0.772 bits per heavy atom. The highest BCUT2D eigenvalue weighted by Gasteiger charge is 2.25. The second-order valence-electron chi connectivity index (χ2n) is 14.5. The van der Waals surface area contributed by atoms with Crippen molar-refractivity contribution in [2.75, 3.05) is 4.90 Å². The molecule has 0 saturated carbocycles. The zero-order valence-corrected chi connectivity index (χ0v) is 31.0. The Morgan fingerprint density at radius 1 is 0.281 bits per heavy atom. The minimum absolute atomic E-state index is 0.811. The van der Waals surface area contributed by atoms with Crippen LogP contribution in [0.5, 0.6) is 0 Å². The molecule has 3 nitrogen and oxygen atoms in total. The molecular formula is C54H35NO2. The van der Waals surface area contributed by atoms with Gasteiger partial charge in [0.1, 0.15) is 11.2 Å². The van der Waals surface area contributed by atoms with Gasteiger partial charge in [0.25, 0.3) is 0 Å². The largest absolute Gasteiger partial charge is 0.454 e. The molecule has 11 aromatic rings. The van der Waals surface area contributed by atoms with Crippen LogP contribution in [0.2, 0.25) is 0 Å². The van der Waals surface area contributed by atoms with E-state index in [4.69, 9.17) is 8.83 Å². The highest BCUT2D eigenvalue weighted by atomic mass is 16.3. The molecule has 9 aromatic carbocycles. The van der Waals surface area contributed by atoms with Crippen LogP contribution in [-0.2, 0) is 0 Å². The van der Waals surface area contributed by atoms with E-state index in [0.717, 1.165) is 94.3 Å². The van der Waals surface area contributed by atoms with Crippen molar-refractivity contribution >= 4 is 60.9 Å². The van der Waals surface area contributed by atoms with E-state index in [1.54, 1.807) is 0 Å². The average molecular weight is 730 g/mol. The normalized spacial score (nSPS) is 11.5. The van der Waals surface area contributed by atoms with E-state index in [1.165, 1.54) is 11.1 Å². The number of anilines is 3. The summed E-state index contributed by atoms with van der Waals surface area (Å²) in [5.41, 5.74) is 15.3. The van der Waals surface area contributed by atoms with Crippen molar-refractivity contribution in [2.24, 2.45) is 0 Å². The summed E-state index contributed by atoms with van der Waals surface area (Å²) in [6.07, 6.45) is 0. The number of fused-ring (bicyclic) bond motifs is 6. The Bertz CT molecular complexity index is 3200. The maximum absolute atomic E-state index is 7.05. The second-order valence-corrected chi connectivity index (χ2v) is 14.5. The maximum Gasteiger partial charge on any atom is 0.159 e. The first kappa shape index (κ1) is 32.8. The summed E-state index contributed by atoms with van der Waals surface area (Å²) in [6, 6.07) is 74.9. The standard InChI is InChI=1S/C54H35NO2/c1-4-14-36(15-5-1)38-26-28-39(29-27-38)40-30-32-43(33-31-40)55(49-24-13-23-47-46-22-12-21-44(52(46)57-53(47)49)41-18-8-3-9-19-41)50-35-42(37-16-6-2-7-17-37)34-48-45-20-10-11-25-51(45)56-54(48)50/h1-35H. The topological polar surface area (TPSA) is 29.5 Å². The first-order chi connectivity index (χ1) is 28.3. The monoisotopic (exact) mass is 729 g/mol. The van der Waals surface area contributed by atoms with E-state index in [0.29, 0.717) is 0 Å². The Morgan fingerprint density at radius 3 is 1.44 bits per heavy atom. The summed E-state index contributed by atoms with van der Waals surface area (Å²) in [7, 11) is 0. The molecule has 0 aliphatic heterocycles. The summed E-state index contributed by atoms with van der Waals surface area (Å²) in [5.74, 6) is 0. The van der Waals surface area contributed by atoms with Crippen molar-refractivity contribution in [3.63, 3.8) is 0 Å². The smallest absolute Gasteiger partial charge is 0.159 e. The zero-order chi connectivity index (χ0) is 37.7. The summed E-state index contributed by atoms with van der Waals surface area (Å²) in [5, 5.41) is 4.27. The molecule has 0 bridgehead atoms. The zero-order valence-electron chi connectivity index (χ0n) is 31.0. The Hall–Kier alpha value is -7.62. The number of para-hydroxylation sites is 3. The molecular weight excluding hydrogens is 695 g/mol. The van der Waals surface area contributed by atoms with Crippen LogP contribution in [0.4, 0.5) is 17.1 Å². The molecule has 2 heterocycles. The van der Waals surface area contributed by atoms with Crippen LogP contribution in [0.25, 0.3) is 88.4 Å². The predicted molar refractivity (Wildman–Crippen MR) is 237 cm³/mol. The molecule has 11 rings (SSSR count). The number of hydrogen-bond donors (Lipinski definition) is 0. The van der Waals surface area contributed by atoms with Crippen LogP contribution in [-0.4, -0.2) is 0 Å². The number of rotatable bonds is 7. The van der Waals surface area contributed by atoms with Gasteiger partial charge < -0.3 is 13.7 Å². The van der Waals surface area contributed by atoms with Gasteiger partial charge in [-0.3, -0.25) is 0 Å². The van der Waals surface area contributed by atoms with Gasteiger partial charge in [0, 0.05) is 32.8 Å². The Labute approximate surface area is 330 Å². The second kappa shape index (κ2) is 13.6. The minimum atomic E-state index is 0.811. The van der Waals surface area contributed by atoms with Crippen molar-refractivity contribution in [2.45, 2.75) is 0 Å². The molecule has 0 atom stereocenters. The van der Waals surface area contributed by atoms with Crippen molar-refractivity contribution < 1.29 is 8.83 Å². The van der Waals surface area contributed by atoms with Gasteiger partial charge in [-0.05, 0) is 75.3 Å². The number of nitrogens with zero attached hydrogens (tertiary/aromatic N) is 1. The minimum Gasteiger partial charge on any atom is -0.454 e. The lowest BCUT2D eigenvalue weighted by Crippen LogP contribution is -2.11. The maximum atomic E-state index is 7.05. The molecule has 0 aliphatic rings. The van der Waals surface area contributed by atoms with E-state index >= 15 is 0 Å². The third-order valence-electron chi connectivity index (χ3n) is 11.1. The summed E-state index contributed by atoms with van der Waals surface area (Å²) in [4.78, 5) is 2.31. The van der Waals surface area contributed by atoms with E-state index < -0.39 is 0 Å². The number of hydrogen-bond acceptors (Lipinski definition) is 3. The van der Waals surface area contributed by atoms with Gasteiger partial charge in [0.2, 0.25) is 0 Å². The fraction of sp³-hybridized carbons (Fsp3) is 0. The van der Waals surface area contributed by atoms with E-state index in [1.807, 2.05) is 12.1 Å². The van der Waals surface area contributed by atoms with Crippen molar-refractivity contribution in [3.8, 4) is 44.5 Å². The average Bonchev–Trinajstić information content (AvgIpc) is 3.87.